The first kappa shape index (κ1) is 12.6. The Morgan fingerprint density at radius 1 is 1.47 bits per heavy atom. The molecule has 0 aromatic carbocycles. The number of aliphatic hydroxyl groups excluding tert-OH is 1. The Labute approximate surface area is 116 Å². The quantitative estimate of drug-likeness (QED) is 0.798. The van der Waals surface area contributed by atoms with E-state index < -0.39 is 0 Å². The van der Waals surface area contributed by atoms with Gasteiger partial charge >= 0.3 is 0 Å². The highest BCUT2D eigenvalue weighted by molar-refractivity contribution is 6.30. The van der Waals surface area contributed by atoms with Gasteiger partial charge in [-0.25, -0.2) is 0 Å². The molecule has 0 radical (unpaired) electrons. The molecule has 2 aromatic rings. The highest BCUT2D eigenvalue weighted by Gasteiger charge is 2.27. The van der Waals surface area contributed by atoms with Crippen LogP contribution in [-0.2, 0) is 0 Å². The number of rotatable bonds is 1. The van der Waals surface area contributed by atoms with Crippen molar-refractivity contribution < 1.29 is 5.11 Å². The predicted molar refractivity (Wildman–Crippen MR) is 72.5 cm³/mol. The highest BCUT2D eigenvalue weighted by atomic mass is 35.5. The monoisotopic (exact) mass is 281 g/mol. The topological polar surface area (TPSA) is 66.5 Å². The molecule has 2 aromatic heterocycles. The van der Waals surface area contributed by atoms with Gasteiger partial charge in [0.15, 0.2) is 0 Å². The van der Waals surface area contributed by atoms with Gasteiger partial charge in [0.2, 0.25) is 0 Å². The van der Waals surface area contributed by atoms with Crippen molar-refractivity contribution in [3.8, 4) is 0 Å². The second kappa shape index (κ2) is 4.61. The summed E-state index contributed by atoms with van der Waals surface area (Å²) in [5.41, 5.74) is 0.862. The van der Waals surface area contributed by atoms with Gasteiger partial charge < -0.3 is 10.0 Å². The van der Waals surface area contributed by atoms with Crippen LogP contribution in [-0.4, -0.2) is 43.9 Å². The fraction of sp³-hybridized carbons (Fsp3) is 0.583. The average molecular weight is 282 g/mol. The molecule has 1 aliphatic heterocycles. The van der Waals surface area contributed by atoms with Crippen molar-refractivity contribution in [2.75, 3.05) is 18.0 Å². The number of hydrogen-bond acceptors (Lipinski definition) is 5. The molecule has 1 saturated heterocycles. The first-order chi connectivity index (χ1) is 9.08. The second-order valence-electron chi connectivity index (χ2n) is 5.10. The molecule has 0 bridgehead atoms. The zero-order chi connectivity index (χ0) is 13.6. The predicted octanol–water partition coefficient (Wildman–Crippen LogP) is 1.29. The number of β-amino-alcohol motifs (C(OH)–C–C–N with tert-alkyl or cyclic N) is 1. The third-order valence-electron chi connectivity index (χ3n) is 3.79. The average Bonchev–Trinajstić information content (AvgIpc) is 2.82. The molecule has 1 aliphatic rings. The van der Waals surface area contributed by atoms with Crippen molar-refractivity contribution in [2.24, 2.45) is 5.92 Å². The van der Waals surface area contributed by atoms with E-state index in [1.54, 1.807) is 4.52 Å². The van der Waals surface area contributed by atoms with Gasteiger partial charge in [0, 0.05) is 18.7 Å². The molecule has 3 rings (SSSR count). The third-order valence-corrected chi connectivity index (χ3v) is 4.16. The Bertz CT molecular complexity index is 613. The Morgan fingerprint density at radius 2 is 2.26 bits per heavy atom. The van der Waals surface area contributed by atoms with Gasteiger partial charge in [0.1, 0.15) is 17.3 Å². The SMILES string of the molecule is Cc1c(Cl)nc2ncnn2c1N1CCC(C)C(O)C1. The lowest BCUT2D eigenvalue weighted by Crippen LogP contribution is -2.44. The van der Waals surface area contributed by atoms with Gasteiger partial charge in [-0.1, -0.05) is 18.5 Å². The lowest BCUT2D eigenvalue weighted by Gasteiger charge is -2.36. The van der Waals surface area contributed by atoms with Crippen LogP contribution < -0.4 is 4.90 Å². The summed E-state index contributed by atoms with van der Waals surface area (Å²) < 4.78 is 1.68. The van der Waals surface area contributed by atoms with Crippen LogP contribution >= 0.6 is 11.6 Å². The normalized spacial score (nSPS) is 24.1. The molecule has 3 heterocycles. The smallest absolute Gasteiger partial charge is 0.255 e. The third kappa shape index (κ3) is 2.04. The van der Waals surface area contributed by atoms with E-state index in [4.69, 9.17) is 11.6 Å². The lowest BCUT2D eigenvalue weighted by atomic mass is 9.96. The van der Waals surface area contributed by atoms with E-state index >= 15 is 0 Å². The number of anilines is 1. The minimum Gasteiger partial charge on any atom is -0.391 e. The van der Waals surface area contributed by atoms with Gasteiger partial charge in [0.25, 0.3) is 5.78 Å². The van der Waals surface area contributed by atoms with Gasteiger partial charge in [-0.3, -0.25) is 0 Å². The van der Waals surface area contributed by atoms with E-state index in [0.29, 0.717) is 23.4 Å². The molecular weight excluding hydrogens is 266 g/mol. The van der Waals surface area contributed by atoms with E-state index in [1.165, 1.54) is 6.33 Å². The van der Waals surface area contributed by atoms with Gasteiger partial charge in [-0.05, 0) is 19.3 Å². The van der Waals surface area contributed by atoms with Crippen LogP contribution in [0.25, 0.3) is 5.78 Å². The molecule has 1 N–H and O–H groups in total. The lowest BCUT2D eigenvalue weighted by molar-refractivity contribution is 0.102. The standard InChI is InChI=1S/C12H16ClN5O/c1-7-3-4-17(5-9(7)19)11-8(2)10(13)16-12-14-6-15-18(11)12/h6-7,9,19H,3-5H2,1-2H3. The summed E-state index contributed by atoms with van der Waals surface area (Å²) in [5, 5.41) is 14.7. The molecule has 1 fully saturated rings. The molecule has 0 saturated carbocycles. The van der Waals surface area contributed by atoms with Crippen LogP contribution in [0.4, 0.5) is 5.82 Å². The van der Waals surface area contributed by atoms with Crippen molar-refractivity contribution in [1.82, 2.24) is 19.6 Å². The highest BCUT2D eigenvalue weighted by Crippen LogP contribution is 2.29. The van der Waals surface area contributed by atoms with Gasteiger partial charge in [-0.15, -0.1) is 0 Å². The van der Waals surface area contributed by atoms with Crippen LogP contribution in [0.2, 0.25) is 5.15 Å². The molecule has 2 unspecified atom stereocenters. The first-order valence-electron chi connectivity index (χ1n) is 6.36. The van der Waals surface area contributed by atoms with E-state index in [-0.39, 0.29) is 6.10 Å². The minimum atomic E-state index is -0.335. The maximum atomic E-state index is 10.1. The number of aromatic nitrogens is 4. The van der Waals surface area contributed by atoms with Crippen LogP contribution in [0.15, 0.2) is 6.33 Å². The largest absolute Gasteiger partial charge is 0.391 e. The zero-order valence-electron chi connectivity index (χ0n) is 10.9. The van der Waals surface area contributed by atoms with Gasteiger partial charge in [-0.2, -0.15) is 19.6 Å². The first-order valence-corrected chi connectivity index (χ1v) is 6.74. The molecule has 7 heteroatoms. The summed E-state index contributed by atoms with van der Waals surface area (Å²) in [6, 6.07) is 0. The second-order valence-corrected chi connectivity index (χ2v) is 5.46. The molecule has 0 amide bonds. The summed E-state index contributed by atoms with van der Waals surface area (Å²) in [6.45, 7) is 5.43. The van der Waals surface area contributed by atoms with E-state index in [9.17, 15) is 5.11 Å². The van der Waals surface area contributed by atoms with Crippen LogP contribution in [0.3, 0.4) is 0 Å². The van der Waals surface area contributed by atoms with E-state index in [0.717, 1.165) is 24.3 Å². The van der Waals surface area contributed by atoms with Crippen LogP contribution in [0.5, 0.6) is 0 Å². The van der Waals surface area contributed by atoms with Crippen molar-refractivity contribution >= 4 is 23.2 Å². The number of hydrogen-bond donors (Lipinski definition) is 1. The molecule has 2 atom stereocenters. The Morgan fingerprint density at radius 3 is 3.00 bits per heavy atom. The Balaban J connectivity index is 2.09. The van der Waals surface area contributed by atoms with Crippen molar-refractivity contribution in [3.63, 3.8) is 0 Å². The fourth-order valence-corrected chi connectivity index (χ4v) is 2.66. The van der Waals surface area contributed by atoms with Crippen LogP contribution in [0, 0.1) is 12.8 Å². The summed E-state index contributed by atoms with van der Waals surface area (Å²) in [6.07, 6.45) is 2.07. The number of fused-ring (bicyclic) bond motifs is 1. The molecule has 6 nitrogen and oxygen atoms in total. The van der Waals surface area contributed by atoms with E-state index in [2.05, 4.69) is 26.9 Å². The number of halogens is 1. The minimum absolute atomic E-state index is 0.320. The maximum Gasteiger partial charge on any atom is 0.255 e. The molecule has 0 spiro atoms. The fourth-order valence-electron chi connectivity index (χ4n) is 2.50. The summed E-state index contributed by atoms with van der Waals surface area (Å²) >= 11 is 6.15. The number of piperidine rings is 1. The maximum absolute atomic E-state index is 10.1. The summed E-state index contributed by atoms with van der Waals surface area (Å²) in [5.74, 6) is 1.68. The van der Waals surface area contributed by atoms with Crippen LogP contribution in [0.1, 0.15) is 18.9 Å². The van der Waals surface area contributed by atoms with E-state index in [1.807, 2.05) is 6.92 Å². The molecule has 102 valence electrons. The number of aliphatic hydroxyl groups is 1. The molecular formula is C12H16ClN5O. The van der Waals surface area contributed by atoms with Gasteiger partial charge in [0.05, 0.1) is 6.10 Å². The van der Waals surface area contributed by atoms with Crippen molar-refractivity contribution in [1.29, 1.82) is 0 Å². The Kier molecular flexibility index (Phi) is 3.06. The summed E-state index contributed by atoms with van der Waals surface area (Å²) in [7, 11) is 0. The molecule has 0 aliphatic carbocycles. The summed E-state index contributed by atoms with van der Waals surface area (Å²) in [4.78, 5) is 10.4. The molecule has 19 heavy (non-hydrogen) atoms. The Hall–Kier alpha value is -1.40. The zero-order valence-corrected chi connectivity index (χ0v) is 11.7. The van der Waals surface area contributed by atoms with Crippen molar-refractivity contribution in [2.45, 2.75) is 26.4 Å². The number of nitrogens with zero attached hydrogens (tertiary/aromatic N) is 5. The van der Waals surface area contributed by atoms with Crippen molar-refractivity contribution in [3.05, 3.63) is 17.0 Å².